The lowest BCUT2D eigenvalue weighted by molar-refractivity contribution is -0.129. The molecular weight excluding hydrogens is 324 g/mol. The zero-order valence-electron chi connectivity index (χ0n) is 15.8. The standard InChI is InChI=1S/C23H28O3/c1-22-10-3-6-18(22)16-7-8-19-17(5-4-12-24)21(26)15(14-25)13-23(19,2)20(16)9-11-22/h3-4,6,14-16,18,20H,5,7-11,13H2,1-2H3/t15?,16-,18-,20-,22-,23-/m0/s1. The molecule has 6 atom stereocenters. The second-order valence-electron chi connectivity index (χ2n) is 9.37. The van der Waals surface area contributed by atoms with E-state index in [2.05, 4.69) is 26.0 Å². The molecule has 0 spiro atoms. The number of rotatable bonds is 3. The molecule has 0 bridgehead atoms. The first-order valence-electron chi connectivity index (χ1n) is 10.0. The largest absolute Gasteiger partial charge is 0.303 e. The minimum Gasteiger partial charge on any atom is -0.303 e. The minimum atomic E-state index is -0.551. The van der Waals surface area contributed by atoms with Gasteiger partial charge in [-0.05, 0) is 67.1 Å². The van der Waals surface area contributed by atoms with Gasteiger partial charge in [-0.15, -0.1) is 0 Å². The molecule has 2 fully saturated rings. The van der Waals surface area contributed by atoms with Crippen molar-refractivity contribution in [3.63, 3.8) is 0 Å². The van der Waals surface area contributed by atoms with Crippen LogP contribution in [0.25, 0.3) is 0 Å². The fourth-order valence-corrected chi connectivity index (χ4v) is 6.89. The number of ketones is 1. The highest BCUT2D eigenvalue weighted by molar-refractivity contribution is 6.06. The lowest BCUT2D eigenvalue weighted by Crippen LogP contribution is -2.51. The molecule has 4 aliphatic rings. The molecule has 26 heavy (non-hydrogen) atoms. The van der Waals surface area contributed by atoms with Gasteiger partial charge in [0.05, 0.1) is 5.92 Å². The molecule has 0 saturated heterocycles. The van der Waals surface area contributed by atoms with Gasteiger partial charge in [0.25, 0.3) is 0 Å². The van der Waals surface area contributed by atoms with Crippen molar-refractivity contribution in [1.29, 1.82) is 0 Å². The molecule has 0 radical (unpaired) electrons. The van der Waals surface area contributed by atoms with Crippen molar-refractivity contribution in [1.82, 2.24) is 0 Å². The summed E-state index contributed by atoms with van der Waals surface area (Å²) in [7, 11) is 0. The first-order chi connectivity index (χ1) is 12.4. The summed E-state index contributed by atoms with van der Waals surface area (Å²) in [6.07, 6.45) is 13.6. The third kappa shape index (κ3) is 2.36. The van der Waals surface area contributed by atoms with Crippen molar-refractivity contribution >= 4 is 18.0 Å². The molecule has 0 heterocycles. The van der Waals surface area contributed by atoms with Crippen molar-refractivity contribution in [2.24, 2.45) is 34.5 Å². The molecule has 0 aromatic heterocycles. The molecule has 4 aliphatic carbocycles. The second kappa shape index (κ2) is 6.16. The molecule has 3 heteroatoms. The Hall–Kier alpha value is -1.73. The topological polar surface area (TPSA) is 51.2 Å². The van der Waals surface area contributed by atoms with Crippen LogP contribution in [0.4, 0.5) is 0 Å². The van der Waals surface area contributed by atoms with Crippen LogP contribution in [0.5, 0.6) is 0 Å². The summed E-state index contributed by atoms with van der Waals surface area (Å²) in [5.41, 5.74) is 2.27. The summed E-state index contributed by atoms with van der Waals surface area (Å²) in [6.45, 7) is 4.72. The monoisotopic (exact) mass is 352 g/mol. The highest BCUT2D eigenvalue weighted by Gasteiger charge is 2.57. The molecular formula is C23H28O3. The molecule has 0 aromatic rings. The number of hydrogen-bond donors (Lipinski definition) is 0. The number of carbonyl (C=O) groups is 2. The van der Waals surface area contributed by atoms with Crippen LogP contribution in [-0.2, 0) is 14.4 Å². The Morgan fingerprint density at radius 3 is 2.85 bits per heavy atom. The molecule has 0 aromatic carbocycles. The Bertz CT molecular complexity index is 753. The van der Waals surface area contributed by atoms with Crippen LogP contribution >= 0.6 is 0 Å². The zero-order valence-corrected chi connectivity index (χ0v) is 15.8. The maximum absolute atomic E-state index is 12.8. The van der Waals surface area contributed by atoms with Crippen LogP contribution in [0.15, 0.2) is 29.4 Å². The molecule has 138 valence electrons. The highest BCUT2D eigenvalue weighted by atomic mass is 16.1. The van der Waals surface area contributed by atoms with Gasteiger partial charge in [-0.3, -0.25) is 4.79 Å². The highest BCUT2D eigenvalue weighted by Crippen LogP contribution is 2.64. The van der Waals surface area contributed by atoms with Crippen LogP contribution in [0.2, 0.25) is 0 Å². The van der Waals surface area contributed by atoms with Gasteiger partial charge in [0.2, 0.25) is 0 Å². The van der Waals surface area contributed by atoms with Crippen molar-refractivity contribution in [2.45, 2.75) is 58.8 Å². The lowest BCUT2D eigenvalue weighted by Gasteiger charge is -2.58. The van der Waals surface area contributed by atoms with Crippen LogP contribution in [0.1, 0.15) is 58.8 Å². The van der Waals surface area contributed by atoms with Gasteiger partial charge in [-0.25, -0.2) is 4.79 Å². The molecule has 0 N–H and O–H groups in total. The fourth-order valence-electron chi connectivity index (χ4n) is 6.89. The van der Waals surface area contributed by atoms with E-state index in [0.29, 0.717) is 36.0 Å². The van der Waals surface area contributed by atoms with Gasteiger partial charge in [0.1, 0.15) is 12.2 Å². The fraction of sp³-hybridized carbons (Fsp3) is 0.652. The summed E-state index contributed by atoms with van der Waals surface area (Å²) >= 11 is 0. The molecule has 4 rings (SSSR count). The van der Waals surface area contributed by atoms with Crippen molar-refractivity contribution < 1.29 is 14.4 Å². The first kappa shape index (κ1) is 17.7. The number of aldehydes is 1. The average Bonchev–Trinajstić information content (AvgIpc) is 3.02. The van der Waals surface area contributed by atoms with Crippen LogP contribution in [-0.4, -0.2) is 18.0 Å². The average molecular weight is 352 g/mol. The predicted molar refractivity (Wildman–Crippen MR) is 100.0 cm³/mol. The van der Waals surface area contributed by atoms with Crippen LogP contribution < -0.4 is 0 Å². The van der Waals surface area contributed by atoms with Crippen molar-refractivity contribution in [2.75, 3.05) is 0 Å². The number of fused-ring (bicyclic) bond motifs is 5. The second-order valence-corrected chi connectivity index (χ2v) is 9.37. The number of hydrogen-bond acceptors (Lipinski definition) is 3. The summed E-state index contributed by atoms with van der Waals surface area (Å²) in [5, 5.41) is 0. The van der Waals surface area contributed by atoms with E-state index in [4.69, 9.17) is 0 Å². The Morgan fingerprint density at radius 2 is 2.12 bits per heavy atom. The summed E-state index contributed by atoms with van der Waals surface area (Å²) < 4.78 is 0. The van der Waals surface area contributed by atoms with Crippen LogP contribution in [0.3, 0.4) is 0 Å². The Labute approximate surface area is 155 Å². The lowest BCUT2D eigenvalue weighted by atomic mass is 9.46. The van der Waals surface area contributed by atoms with Gasteiger partial charge < -0.3 is 4.79 Å². The van der Waals surface area contributed by atoms with Crippen molar-refractivity contribution in [3.8, 4) is 0 Å². The van der Waals surface area contributed by atoms with Crippen LogP contribution in [0, 0.1) is 34.5 Å². The van der Waals surface area contributed by atoms with E-state index in [1.54, 1.807) is 0 Å². The third-order valence-corrected chi connectivity index (χ3v) is 8.17. The van der Waals surface area contributed by atoms with Crippen molar-refractivity contribution in [3.05, 3.63) is 29.4 Å². The van der Waals surface area contributed by atoms with E-state index in [-0.39, 0.29) is 11.2 Å². The maximum Gasteiger partial charge on any atom is 0.169 e. The van der Waals surface area contributed by atoms with E-state index in [1.807, 2.05) is 5.94 Å². The number of carbonyl (C=O) groups excluding carboxylic acids is 3. The molecule has 1 unspecified atom stereocenters. The van der Waals surface area contributed by atoms with E-state index in [1.165, 1.54) is 30.9 Å². The van der Waals surface area contributed by atoms with E-state index in [9.17, 15) is 14.4 Å². The molecule has 0 amide bonds. The van der Waals surface area contributed by atoms with E-state index in [0.717, 1.165) is 24.7 Å². The Balaban J connectivity index is 1.77. The number of Topliss-reactive ketones (excluding diaryl/α,β-unsaturated/α-hetero) is 1. The Kier molecular flexibility index (Phi) is 4.19. The molecule has 0 aliphatic heterocycles. The zero-order chi connectivity index (χ0) is 18.5. The SMILES string of the molecule is C[C@@]12CC=C[C@H]1[C@@H]1CCC3=C(CC=C=O)C(=O)C(C=O)C[C@]3(C)[C@H]1CC2. The van der Waals surface area contributed by atoms with E-state index < -0.39 is 5.92 Å². The predicted octanol–water partition coefficient (Wildman–Crippen LogP) is 4.26. The van der Waals surface area contributed by atoms with Gasteiger partial charge in [0, 0.05) is 18.1 Å². The Morgan fingerprint density at radius 1 is 1.31 bits per heavy atom. The smallest absolute Gasteiger partial charge is 0.169 e. The quantitative estimate of drug-likeness (QED) is 0.330. The maximum atomic E-state index is 12.8. The summed E-state index contributed by atoms with van der Waals surface area (Å²) in [5.74, 6) is 3.00. The normalized spacial score (nSPS) is 44.0. The van der Waals surface area contributed by atoms with E-state index >= 15 is 0 Å². The molecule has 2 saturated carbocycles. The van der Waals surface area contributed by atoms with Gasteiger partial charge >= 0.3 is 0 Å². The van der Waals surface area contributed by atoms with Gasteiger partial charge in [-0.1, -0.05) is 31.6 Å². The first-order valence-corrected chi connectivity index (χ1v) is 10.0. The minimum absolute atomic E-state index is 0.0566. The van der Waals surface area contributed by atoms with Gasteiger partial charge in [-0.2, -0.15) is 0 Å². The number of allylic oxidation sites excluding steroid dienone is 5. The van der Waals surface area contributed by atoms with Gasteiger partial charge in [0.15, 0.2) is 5.78 Å². The summed E-state index contributed by atoms with van der Waals surface area (Å²) in [6, 6.07) is 0. The summed E-state index contributed by atoms with van der Waals surface area (Å²) in [4.78, 5) is 35.2. The third-order valence-electron chi connectivity index (χ3n) is 8.17. The molecule has 3 nitrogen and oxygen atoms in total.